The average molecular weight is 336 g/mol. The second kappa shape index (κ2) is 6.65. The molecule has 2 rings (SSSR count). The second-order valence-corrected chi connectivity index (χ2v) is 12.7. The van der Waals surface area contributed by atoms with E-state index in [4.69, 9.17) is 9.16 Å². The van der Waals surface area contributed by atoms with Crippen LogP contribution in [0.3, 0.4) is 0 Å². The first-order valence-electron chi connectivity index (χ1n) is 8.28. The lowest BCUT2D eigenvalue weighted by Crippen LogP contribution is -2.45. The number of hydrogen-bond acceptors (Lipinski definition) is 3. The summed E-state index contributed by atoms with van der Waals surface area (Å²) in [5.41, 5.74) is 0.864. The number of amides is 1. The molecule has 0 aromatic heterocycles. The molecule has 0 radical (unpaired) electrons. The van der Waals surface area contributed by atoms with Gasteiger partial charge >= 0.3 is 0 Å². The van der Waals surface area contributed by atoms with Crippen LogP contribution in [0.2, 0.25) is 18.1 Å². The van der Waals surface area contributed by atoms with Crippen molar-refractivity contribution < 1.29 is 14.0 Å². The number of anilines is 1. The van der Waals surface area contributed by atoms with Gasteiger partial charge in [0.25, 0.3) is 5.91 Å². The molecule has 0 aliphatic carbocycles. The van der Waals surface area contributed by atoms with Gasteiger partial charge in [-0.2, -0.15) is 0 Å². The van der Waals surface area contributed by atoms with Crippen LogP contribution in [0.25, 0.3) is 0 Å². The number of fused-ring (bicyclic) bond motifs is 1. The van der Waals surface area contributed by atoms with E-state index in [-0.39, 0.29) is 23.5 Å². The van der Waals surface area contributed by atoms with Gasteiger partial charge in [0.1, 0.15) is 5.75 Å². The highest BCUT2D eigenvalue weighted by molar-refractivity contribution is 6.74. The fraction of sp³-hybridized carbons (Fsp3) is 0.611. The lowest BCUT2D eigenvalue weighted by molar-refractivity contribution is -0.121. The van der Waals surface area contributed by atoms with Crippen molar-refractivity contribution in [2.45, 2.75) is 45.8 Å². The van der Waals surface area contributed by atoms with Crippen LogP contribution in [0.15, 0.2) is 24.3 Å². The van der Waals surface area contributed by atoms with E-state index in [9.17, 15) is 4.79 Å². The molecule has 4 nitrogen and oxygen atoms in total. The highest BCUT2D eigenvalue weighted by atomic mass is 28.4. The van der Waals surface area contributed by atoms with Crippen molar-refractivity contribution >= 4 is 19.9 Å². The van der Waals surface area contributed by atoms with Gasteiger partial charge in [-0.1, -0.05) is 39.8 Å². The summed E-state index contributed by atoms with van der Waals surface area (Å²) < 4.78 is 11.8. The van der Waals surface area contributed by atoms with Crippen molar-refractivity contribution in [1.29, 1.82) is 0 Å². The maximum atomic E-state index is 12.2. The summed E-state index contributed by atoms with van der Waals surface area (Å²) in [6.45, 7) is 14.8. The van der Waals surface area contributed by atoms with Crippen molar-refractivity contribution in [3.8, 4) is 5.75 Å². The Kier molecular flexibility index (Phi) is 5.21. The number of carbonyl (C=O) groups is 1. The van der Waals surface area contributed by atoms with Gasteiger partial charge in [-0.05, 0) is 36.2 Å². The minimum atomic E-state index is -1.75. The van der Waals surface area contributed by atoms with Crippen molar-refractivity contribution in [3.05, 3.63) is 24.3 Å². The van der Waals surface area contributed by atoms with E-state index in [2.05, 4.69) is 40.8 Å². The molecule has 1 amide bonds. The Morgan fingerprint density at radius 2 is 1.96 bits per heavy atom. The molecule has 1 aromatic rings. The Bertz CT molecular complexity index is 566. The molecule has 0 bridgehead atoms. The van der Waals surface area contributed by atoms with Gasteiger partial charge in [-0.25, -0.2) is 0 Å². The highest BCUT2D eigenvalue weighted by Gasteiger charge is 2.37. The standard InChI is InChI=1S/C18H29NO3Si/c1-14(12-22-23(5,6)18(2,3)4)11-19-15-9-7-8-10-16(15)21-13-17(19)20/h7-10,14H,11-13H2,1-6H3/t14-/m1/s1. The van der Waals surface area contributed by atoms with Crippen LogP contribution >= 0.6 is 0 Å². The molecule has 0 N–H and O–H groups in total. The predicted octanol–water partition coefficient (Wildman–Crippen LogP) is 4.07. The number of rotatable bonds is 5. The van der Waals surface area contributed by atoms with Gasteiger partial charge in [-0.15, -0.1) is 0 Å². The molecule has 1 atom stereocenters. The van der Waals surface area contributed by atoms with Gasteiger partial charge in [0, 0.05) is 13.2 Å². The zero-order valence-corrected chi connectivity index (χ0v) is 16.2. The highest BCUT2D eigenvalue weighted by Crippen LogP contribution is 2.37. The van der Waals surface area contributed by atoms with Crippen LogP contribution in [0.5, 0.6) is 5.75 Å². The lowest BCUT2D eigenvalue weighted by Gasteiger charge is -2.38. The largest absolute Gasteiger partial charge is 0.482 e. The van der Waals surface area contributed by atoms with Gasteiger partial charge in [0.05, 0.1) is 5.69 Å². The second-order valence-electron chi connectivity index (χ2n) is 7.94. The zero-order valence-electron chi connectivity index (χ0n) is 15.2. The van der Waals surface area contributed by atoms with E-state index in [1.807, 2.05) is 29.2 Å². The van der Waals surface area contributed by atoms with E-state index < -0.39 is 8.32 Å². The fourth-order valence-corrected chi connectivity index (χ4v) is 3.42. The van der Waals surface area contributed by atoms with Crippen molar-refractivity contribution in [2.24, 2.45) is 5.92 Å². The van der Waals surface area contributed by atoms with Crippen LogP contribution in [0.1, 0.15) is 27.7 Å². The molecule has 1 heterocycles. The molecule has 0 saturated carbocycles. The number of nitrogens with zero attached hydrogens (tertiary/aromatic N) is 1. The molecule has 23 heavy (non-hydrogen) atoms. The zero-order chi connectivity index (χ0) is 17.3. The Hall–Kier alpha value is -1.33. The SMILES string of the molecule is C[C@@H](CO[Si](C)(C)C(C)(C)C)CN1C(=O)COc2ccccc21. The van der Waals surface area contributed by atoms with Crippen molar-refractivity contribution in [1.82, 2.24) is 0 Å². The molecule has 5 heteroatoms. The Morgan fingerprint density at radius 1 is 1.30 bits per heavy atom. The third-order valence-corrected chi connectivity index (χ3v) is 9.34. The number of hydrogen-bond donors (Lipinski definition) is 0. The molecule has 1 aliphatic heterocycles. The monoisotopic (exact) mass is 335 g/mol. The van der Waals surface area contributed by atoms with Crippen molar-refractivity contribution in [3.63, 3.8) is 0 Å². The van der Waals surface area contributed by atoms with Crippen LogP contribution in [0.4, 0.5) is 5.69 Å². The Labute approximate surface area is 140 Å². The Balaban J connectivity index is 2.01. The number of benzene rings is 1. The molecule has 0 spiro atoms. The van der Waals surface area contributed by atoms with Gasteiger partial charge < -0.3 is 14.1 Å². The third kappa shape index (κ3) is 4.15. The summed E-state index contributed by atoms with van der Waals surface area (Å²) >= 11 is 0. The van der Waals surface area contributed by atoms with Crippen molar-refractivity contribution in [2.75, 3.05) is 24.7 Å². The quantitative estimate of drug-likeness (QED) is 0.761. The normalized spacial score (nSPS) is 16.8. The topological polar surface area (TPSA) is 38.8 Å². The van der Waals surface area contributed by atoms with E-state index in [1.165, 1.54) is 0 Å². The molecule has 0 fully saturated rings. The van der Waals surface area contributed by atoms with Crippen LogP contribution in [-0.2, 0) is 9.22 Å². The molecule has 1 aromatic carbocycles. The number of carbonyl (C=O) groups excluding carboxylic acids is 1. The Morgan fingerprint density at radius 3 is 2.61 bits per heavy atom. The first-order valence-corrected chi connectivity index (χ1v) is 11.2. The van der Waals surface area contributed by atoms with Gasteiger partial charge in [0.15, 0.2) is 14.9 Å². The van der Waals surface area contributed by atoms with E-state index in [1.54, 1.807) is 0 Å². The van der Waals surface area contributed by atoms with Gasteiger partial charge in [0.2, 0.25) is 0 Å². The van der Waals surface area contributed by atoms with Crippen LogP contribution in [0, 0.1) is 5.92 Å². The predicted molar refractivity (Wildman–Crippen MR) is 96.6 cm³/mol. The van der Waals surface area contributed by atoms with E-state index in [0.717, 1.165) is 11.4 Å². The summed E-state index contributed by atoms with van der Waals surface area (Å²) in [6, 6.07) is 7.71. The minimum absolute atomic E-state index is 0.0166. The van der Waals surface area contributed by atoms with Crippen LogP contribution in [-0.4, -0.2) is 34.0 Å². The number of para-hydroxylation sites is 2. The van der Waals surface area contributed by atoms with E-state index in [0.29, 0.717) is 13.2 Å². The number of ether oxygens (including phenoxy) is 1. The summed E-state index contributed by atoms with van der Waals surface area (Å²) in [6.07, 6.45) is 0. The fourth-order valence-electron chi connectivity index (χ4n) is 2.29. The van der Waals surface area contributed by atoms with Gasteiger partial charge in [-0.3, -0.25) is 4.79 Å². The first kappa shape index (κ1) is 18.0. The van der Waals surface area contributed by atoms with Crippen LogP contribution < -0.4 is 9.64 Å². The summed E-state index contributed by atoms with van der Waals surface area (Å²) in [5.74, 6) is 1.08. The molecular formula is C18H29NO3Si. The molecule has 0 saturated heterocycles. The maximum Gasteiger partial charge on any atom is 0.265 e. The third-order valence-electron chi connectivity index (χ3n) is 4.84. The average Bonchev–Trinajstić information content (AvgIpc) is 2.47. The molecular weight excluding hydrogens is 306 g/mol. The summed E-state index contributed by atoms with van der Waals surface area (Å²) in [5, 5.41) is 0.202. The smallest absolute Gasteiger partial charge is 0.265 e. The molecule has 0 unspecified atom stereocenters. The lowest BCUT2D eigenvalue weighted by atomic mass is 10.1. The molecule has 128 valence electrons. The summed E-state index contributed by atoms with van der Waals surface area (Å²) in [7, 11) is -1.75. The maximum absolute atomic E-state index is 12.2. The molecule has 1 aliphatic rings. The summed E-state index contributed by atoms with van der Waals surface area (Å²) in [4.78, 5) is 14.1. The first-order chi connectivity index (χ1) is 10.6. The minimum Gasteiger partial charge on any atom is -0.482 e. The van der Waals surface area contributed by atoms with E-state index >= 15 is 0 Å².